The molecule has 52 valence electrons. The standard InChI is InChI=1S/C4H7NO4/c5-2(4(8)9)1-3(6)7/h2H,1,5H2,(H,6,7)(H,8,9)/i4+1. The maximum atomic E-state index is 9.85. The van der Waals surface area contributed by atoms with Gasteiger partial charge in [-0.3, -0.25) is 9.59 Å². The highest BCUT2D eigenvalue weighted by Gasteiger charge is 2.14. The van der Waals surface area contributed by atoms with Crippen molar-refractivity contribution >= 4 is 11.9 Å². The van der Waals surface area contributed by atoms with Gasteiger partial charge in [-0.05, 0) is 0 Å². The summed E-state index contributed by atoms with van der Waals surface area (Å²) in [5.41, 5.74) is 4.84. The molecule has 0 saturated heterocycles. The van der Waals surface area contributed by atoms with Gasteiger partial charge in [0.1, 0.15) is 6.04 Å². The number of hydrogen-bond donors (Lipinski definition) is 3. The van der Waals surface area contributed by atoms with Crippen molar-refractivity contribution in [3.63, 3.8) is 0 Å². The van der Waals surface area contributed by atoms with Crippen LogP contribution in [0, 0.1) is 0 Å². The van der Waals surface area contributed by atoms with Gasteiger partial charge in [-0.15, -0.1) is 0 Å². The molecule has 0 radical (unpaired) electrons. The Hall–Kier alpha value is -1.10. The van der Waals surface area contributed by atoms with Crippen LogP contribution in [-0.4, -0.2) is 28.2 Å². The molecule has 0 spiro atoms. The van der Waals surface area contributed by atoms with Crippen molar-refractivity contribution in [3.8, 4) is 0 Å². The Morgan fingerprint density at radius 1 is 1.44 bits per heavy atom. The summed E-state index contributed by atoms with van der Waals surface area (Å²) in [5, 5.41) is 16.0. The van der Waals surface area contributed by atoms with Crippen LogP contribution >= 0.6 is 0 Å². The second kappa shape index (κ2) is 3.03. The largest absolute Gasteiger partial charge is 0.481 e. The lowest BCUT2D eigenvalue weighted by Gasteiger charge is -1.99. The monoisotopic (exact) mass is 134 g/mol. The van der Waals surface area contributed by atoms with Crippen molar-refractivity contribution in [2.24, 2.45) is 5.73 Å². The normalized spacial score (nSPS) is 12.6. The molecule has 0 aliphatic rings. The van der Waals surface area contributed by atoms with Crippen LogP contribution in [0.15, 0.2) is 0 Å². The smallest absolute Gasteiger partial charge is 0.321 e. The molecule has 1 atom stereocenters. The van der Waals surface area contributed by atoms with Crippen LogP contribution in [0.1, 0.15) is 6.42 Å². The molecule has 1 unspecified atom stereocenters. The first-order valence-electron chi connectivity index (χ1n) is 2.24. The van der Waals surface area contributed by atoms with Gasteiger partial charge in [-0.2, -0.15) is 0 Å². The number of carboxylic acids is 2. The predicted molar refractivity (Wildman–Crippen MR) is 27.9 cm³/mol. The third kappa shape index (κ3) is 3.48. The maximum Gasteiger partial charge on any atom is 0.321 e. The van der Waals surface area contributed by atoms with E-state index in [0.29, 0.717) is 0 Å². The van der Waals surface area contributed by atoms with E-state index in [1.165, 1.54) is 0 Å². The number of nitrogens with two attached hydrogens (primary N) is 1. The van der Waals surface area contributed by atoms with Gasteiger partial charge in [0.2, 0.25) is 0 Å². The summed E-state index contributed by atoms with van der Waals surface area (Å²) in [7, 11) is 0. The van der Waals surface area contributed by atoms with Crippen molar-refractivity contribution in [1.82, 2.24) is 0 Å². The highest BCUT2D eigenvalue weighted by molar-refractivity contribution is 5.80. The van der Waals surface area contributed by atoms with Gasteiger partial charge >= 0.3 is 11.9 Å². The molecule has 0 aromatic heterocycles. The highest BCUT2D eigenvalue weighted by atomic mass is 16.5. The molecule has 0 heterocycles. The molecule has 0 aromatic rings. The van der Waals surface area contributed by atoms with Crippen LogP contribution in [0.3, 0.4) is 0 Å². The number of rotatable bonds is 3. The Labute approximate surface area is 51.1 Å². The van der Waals surface area contributed by atoms with Crippen molar-refractivity contribution in [3.05, 3.63) is 0 Å². The Bertz CT molecular complexity index is 133. The zero-order valence-corrected chi connectivity index (χ0v) is 4.57. The number of carbonyl (C=O) groups is 2. The number of hydrogen-bond acceptors (Lipinski definition) is 3. The maximum absolute atomic E-state index is 9.85. The fourth-order valence-electron chi connectivity index (χ4n) is 0.275. The van der Waals surface area contributed by atoms with Crippen LogP contribution < -0.4 is 5.73 Å². The van der Waals surface area contributed by atoms with E-state index in [1.807, 2.05) is 0 Å². The average molecular weight is 134 g/mol. The molecule has 5 heteroatoms. The van der Waals surface area contributed by atoms with Crippen molar-refractivity contribution in [2.45, 2.75) is 12.5 Å². The van der Waals surface area contributed by atoms with Crippen LogP contribution in [0.2, 0.25) is 0 Å². The van der Waals surface area contributed by atoms with Crippen molar-refractivity contribution in [1.29, 1.82) is 0 Å². The lowest BCUT2D eigenvalue weighted by Crippen LogP contribution is -2.32. The van der Waals surface area contributed by atoms with Gasteiger partial charge in [0.05, 0.1) is 6.42 Å². The zero-order chi connectivity index (χ0) is 7.44. The molecule has 0 amide bonds. The van der Waals surface area contributed by atoms with E-state index in [9.17, 15) is 9.59 Å². The topological polar surface area (TPSA) is 101 Å². The summed E-state index contributed by atoms with van der Waals surface area (Å²) in [5.74, 6) is -2.50. The minimum atomic E-state index is -1.29. The van der Waals surface area contributed by atoms with E-state index in [0.717, 1.165) is 0 Å². The first-order valence-corrected chi connectivity index (χ1v) is 2.24. The minimum absolute atomic E-state index is 0.532. The summed E-state index contributed by atoms with van der Waals surface area (Å²) in [6.07, 6.45) is -0.532. The Kier molecular flexibility index (Phi) is 2.66. The van der Waals surface area contributed by atoms with E-state index in [1.54, 1.807) is 0 Å². The van der Waals surface area contributed by atoms with E-state index in [2.05, 4.69) is 0 Å². The van der Waals surface area contributed by atoms with Gasteiger partial charge in [0, 0.05) is 0 Å². The molecule has 0 rings (SSSR count). The van der Waals surface area contributed by atoms with Gasteiger partial charge in [0.25, 0.3) is 0 Å². The van der Waals surface area contributed by atoms with Gasteiger partial charge in [-0.25, -0.2) is 0 Å². The molecule has 0 saturated carbocycles. The lowest BCUT2D eigenvalue weighted by atomic mass is 10.3. The predicted octanol–water partition coefficient (Wildman–Crippen LogP) is -1.13. The molecular formula is C4H7NO4. The van der Waals surface area contributed by atoms with Crippen LogP contribution in [-0.2, 0) is 9.59 Å². The third-order valence-electron chi connectivity index (χ3n) is 0.712. The number of carboxylic acid groups (broad SMARTS) is 2. The van der Waals surface area contributed by atoms with E-state index < -0.39 is 24.4 Å². The van der Waals surface area contributed by atoms with E-state index in [-0.39, 0.29) is 0 Å². The molecule has 0 aliphatic heterocycles. The second-order valence-corrected chi connectivity index (χ2v) is 1.54. The second-order valence-electron chi connectivity index (χ2n) is 1.54. The highest BCUT2D eigenvalue weighted by Crippen LogP contribution is 1.86. The first-order chi connectivity index (χ1) is 4.04. The first kappa shape index (κ1) is 7.90. The van der Waals surface area contributed by atoms with Crippen molar-refractivity contribution < 1.29 is 19.8 Å². The Balaban J connectivity index is 3.63. The van der Waals surface area contributed by atoms with E-state index >= 15 is 0 Å². The van der Waals surface area contributed by atoms with Crippen LogP contribution in [0.4, 0.5) is 0 Å². The van der Waals surface area contributed by atoms with Crippen LogP contribution in [0.5, 0.6) is 0 Å². The quantitative estimate of drug-likeness (QED) is 0.424. The molecular weight excluding hydrogens is 127 g/mol. The molecule has 0 aliphatic carbocycles. The summed E-state index contributed by atoms with van der Waals surface area (Å²) in [4.78, 5) is 19.6. The lowest BCUT2D eigenvalue weighted by molar-refractivity contribution is -0.144. The third-order valence-corrected chi connectivity index (χ3v) is 0.712. The van der Waals surface area contributed by atoms with Crippen molar-refractivity contribution in [2.75, 3.05) is 0 Å². The SMILES string of the molecule is NC(CC(=O)O)[13C](=O)O. The Morgan fingerprint density at radius 3 is 2.00 bits per heavy atom. The van der Waals surface area contributed by atoms with Gasteiger partial charge < -0.3 is 15.9 Å². The molecule has 0 fully saturated rings. The van der Waals surface area contributed by atoms with Gasteiger partial charge in [-0.1, -0.05) is 0 Å². The minimum Gasteiger partial charge on any atom is -0.481 e. The fourth-order valence-corrected chi connectivity index (χ4v) is 0.275. The summed E-state index contributed by atoms with van der Waals surface area (Å²) >= 11 is 0. The van der Waals surface area contributed by atoms with Crippen LogP contribution in [0.25, 0.3) is 0 Å². The number of aliphatic carboxylic acids is 2. The summed E-state index contributed by atoms with van der Waals surface area (Å²) in [6, 6.07) is -1.29. The molecule has 5 nitrogen and oxygen atoms in total. The molecule has 0 bridgehead atoms. The average Bonchev–Trinajstić information content (AvgIpc) is 1.63. The van der Waals surface area contributed by atoms with E-state index in [4.69, 9.17) is 15.9 Å². The summed E-state index contributed by atoms with van der Waals surface area (Å²) < 4.78 is 0. The molecule has 4 N–H and O–H groups in total. The molecule has 0 aromatic carbocycles. The fraction of sp³-hybridized carbons (Fsp3) is 0.500. The summed E-state index contributed by atoms with van der Waals surface area (Å²) in [6.45, 7) is 0. The molecule has 9 heavy (non-hydrogen) atoms. The zero-order valence-electron chi connectivity index (χ0n) is 4.57. The Morgan fingerprint density at radius 2 is 1.89 bits per heavy atom. The van der Waals surface area contributed by atoms with Gasteiger partial charge in [0.15, 0.2) is 0 Å².